The molecule has 5 heteroatoms. The first-order valence-corrected chi connectivity index (χ1v) is 9.62. The summed E-state index contributed by atoms with van der Waals surface area (Å²) in [5.74, 6) is -0.745. The molecule has 0 atom stereocenters. The molecule has 0 spiro atoms. The minimum absolute atomic E-state index is 0.268. The third kappa shape index (κ3) is 3.43. The lowest BCUT2D eigenvalue weighted by molar-refractivity contribution is -0.120. The number of halogens is 1. The number of nitrogens with zero attached hydrogens (tertiary/aromatic N) is 1. The number of hydrogen-bond acceptors (Lipinski definition) is 3. The summed E-state index contributed by atoms with van der Waals surface area (Å²) >= 11 is 6.06. The lowest BCUT2D eigenvalue weighted by atomic mass is 10.0. The molecular weight excluding hydrogens is 384 g/mol. The number of para-hydroxylation sites is 1. The predicted molar refractivity (Wildman–Crippen MR) is 117 cm³/mol. The highest BCUT2D eigenvalue weighted by atomic mass is 35.5. The van der Waals surface area contributed by atoms with E-state index in [0.717, 1.165) is 16.8 Å². The van der Waals surface area contributed by atoms with Crippen molar-refractivity contribution in [3.63, 3.8) is 0 Å². The van der Waals surface area contributed by atoms with Gasteiger partial charge >= 0.3 is 0 Å². The van der Waals surface area contributed by atoms with Crippen molar-refractivity contribution >= 4 is 40.4 Å². The zero-order valence-electron chi connectivity index (χ0n) is 16.1. The number of hydrogen-bond donors (Lipinski definition) is 1. The van der Waals surface area contributed by atoms with Gasteiger partial charge in [-0.25, -0.2) is 4.90 Å². The Morgan fingerprint density at radius 1 is 0.793 bits per heavy atom. The lowest BCUT2D eigenvalue weighted by Gasteiger charge is -2.18. The summed E-state index contributed by atoms with van der Waals surface area (Å²) in [4.78, 5) is 28.0. The van der Waals surface area contributed by atoms with Gasteiger partial charge in [-0.15, -0.1) is 0 Å². The maximum absolute atomic E-state index is 13.4. The van der Waals surface area contributed by atoms with E-state index in [1.54, 1.807) is 18.2 Å². The average Bonchev–Trinajstić information content (AvgIpc) is 2.94. The number of imide groups is 1. The Balaban J connectivity index is 1.85. The van der Waals surface area contributed by atoms with Crippen molar-refractivity contribution in [3.8, 4) is 0 Å². The molecule has 1 aliphatic heterocycles. The van der Waals surface area contributed by atoms with Crippen molar-refractivity contribution in [1.82, 2.24) is 0 Å². The van der Waals surface area contributed by atoms with Gasteiger partial charge in [0.1, 0.15) is 5.70 Å². The standard InChI is InChI=1S/C24H19ClN2O2/c1-15-8-6-7-11-19(15)26-22-21(17-9-4-3-5-10-17)23(28)27(24(22)29)20-13-12-18(25)14-16(20)2/h3-14,26H,1-2H3. The van der Waals surface area contributed by atoms with Crippen molar-refractivity contribution in [2.75, 3.05) is 10.2 Å². The van der Waals surface area contributed by atoms with E-state index in [4.69, 9.17) is 11.6 Å². The summed E-state index contributed by atoms with van der Waals surface area (Å²) in [5.41, 5.74) is 4.36. The average molecular weight is 403 g/mol. The van der Waals surface area contributed by atoms with Crippen molar-refractivity contribution in [3.05, 3.63) is 100 Å². The molecule has 1 N–H and O–H groups in total. The van der Waals surface area contributed by atoms with Gasteiger partial charge in [-0.1, -0.05) is 60.1 Å². The van der Waals surface area contributed by atoms with Crippen LogP contribution in [0.15, 0.2) is 78.5 Å². The van der Waals surface area contributed by atoms with Gasteiger partial charge < -0.3 is 5.32 Å². The number of amides is 2. The topological polar surface area (TPSA) is 49.4 Å². The molecule has 1 aliphatic rings. The highest BCUT2D eigenvalue weighted by molar-refractivity contribution is 6.46. The second-order valence-electron chi connectivity index (χ2n) is 6.93. The molecule has 144 valence electrons. The van der Waals surface area contributed by atoms with Crippen LogP contribution in [0.25, 0.3) is 5.57 Å². The highest BCUT2D eigenvalue weighted by Gasteiger charge is 2.40. The van der Waals surface area contributed by atoms with Gasteiger partial charge in [0.05, 0.1) is 11.3 Å². The van der Waals surface area contributed by atoms with E-state index in [0.29, 0.717) is 21.8 Å². The Morgan fingerprint density at radius 3 is 2.17 bits per heavy atom. The Hall–Kier alpha value is -3.37. The lowest BCUT2D eigenvalue weighted by Crippen LogP contribution is -2.33. The van der Waals surface area contributed by atoms with Crippen molar-refractivity contribution in [1.29, 1.82) is 0 Å². The van der Waals surface area contributed by atoms with Crippen LogP contribution in [-0.2, 0) is 9.59 Å². The van der Waals surface area contributed by atoms with Crippen LogP contribution >= 0.6 is 11.6 Å². The minimum atomic E-state index is -0.387. The second-order valence-corrected chi connectivity index (χ2v) is 7.37. The maximum atomic E-state index is 13.4. The van der Waals surface area contributed by atoms with Gasteiger partial charge in [0.25, 0.3) is 11.8 Å². The number of benzene rings is 3. The number of carbonyl (C=O) groups is 2. The Bertz CT molecular complexity index is 1150. The minimum Gasteiger partial charge on any atom is -0.350 e. The normalized spacial score (nSPS) is 14.0. The largest absolute Gasteiger partial charge is 0.350 e. The van der Waals surface area contributed by atoms with Crippen molar-refractivity contribution < 1.29 is 9.59 Å². The first-order chi connectivity index (χ1) is 14.0. The van der Waals surface area contributed by atoms with Crippen LogP contribution in [0.5, 0.6) is 0 Å². The highest BCUT2D eigenvalue weighted by Crippen LogP contribution is 2.36. The van der Waals surface area contributed by atoms with E-state index < -0.39 is 0 Å². The van der Waals surface area contributed by atoms with Crippen LogP contribution in [0, 0.1) is 13.8 Å². The van der Waals surface area contributed by atoms with E-state index in [1.807, 2.05) is 68.4 Å². The van der Waals surface area contributed by atoms with Gasteiger partial charge in [-0.3, -0.25) is 9.59 Å². The molecule has 0 aromatic heterocycles. The van der Waals surface area contributed by atoms with Crippen LogP contribution in [0.1, 0.15) is 16.7 Å². The van der Waals surface area contributed by atoms with Crippen LogP contribution < -0.4 is 10.2 Å². The van der Waals surface area contributed by atoms with E-state index >= 15 is 0 Å². The van der Waals surface area contributed by atoms with E-state index in [9.17, 15) is 9.59 Å². The van der Waals surface area contributed by atoms with E-state index in [1.165, 1.54) is 4.90 Å². The quantitative estimate of drug-likeness (QED) is 0.598. The monoisotopic (exact) mass is 402 g/mol. The summed E-state index contributed by atoms with van der Waals surface area (Å²) in [6.07, 6.45) is 0. The molecule has 0 fully saturated rings. The van der Waals surface area contributed by atoms with Crippen molar-refractivity contribution in [2.45, 2.75) is 13.8 Å². The second kappa shape index (κ2) is 7.57. The SMILES string of the molecule is Cc1ccccc1NC1=C(c2ccccc2)C(=O)N(c2ccc(Cl)cc2C)C1=O. The number of nitrogens with one attached hydrogen (secondary N) is 1. The Morgan fingerprint density at radius 2 is 1.48 bits per heavy atom. The molecule has 4 nitrogen and oxygen atoms in total. The van der Waals surface area contributed by atoms with E-state index in [-0.39, 0.29) is 17.5 Å². The molecular formula is C24H19ClN2O2. The van der Waals surface area contributed by atoms with Gasteiger partial charge in [-0.05, 0) is 54.8 Å². The van der Waals surface area contributed by atoms with Crippen molar-refractivity contribution in [2.24, 2.45) is 0 Å². The molecule has 2 amide bonds. The molecule has 0 saturated carbocycles. The molecule has 3 aromatic carbocycles. The van der Waals surface area contributed by atoms with Crippen LogP contribution in [0.3, 0.4) is 0 Å². The first kappa shape index (κ1) is 19.0. The molecule has 0 aliphatic carbocycles. The molecule has 3 aromatic rings. The van der Waals surface area contributed by atoms with E-state index in [2.05, 4.69) is 5.32 Å². The molecule has 0 unspecified atom stereocenters. The molecule has 4 rings (SSSR count). The Kier molecular flexibility index (Phi) is 4.95. The fourth-order valence-corrected chi connectivity index (χ4v) is 3.68. The summed E-state index contributed by atoms with van der Waals surface area (Å²) in [6.45, 7) is 3.78. The van der Waals surface area contributed by atoms with Gasteiger partial charge in [0.2, 0.25) is 0 Å². The van der Waals surface area contributed by atoms with Gasteiger partial charge in [0, 0.05) is 10.7 Å². The summed E-state index contributed by atoms with van der Waals surface area (Å²) in [5, 5.41) is 3.77. The number of aryl methyl sites for hydroxylation is 2. The molecule has 0 saturated heterocycles. The third-order valence-corrected chi connectivity index (χ3v) is 5.19. The summed E-state index contributed by atoms with van der Waals surface area (Å²) < 4.78 is 0. The summed E-state index contributed by atoms with van der Waals surface area (Å²) in [6, 6.07) is 22.0. The number of carbonyl (C=O) groups excluding carboxylic acids is 2. The number of rotatable bonds is 4. The molecule has 1 heterocycles. The molecule has 0 bridgehead atoms. The smallest absolute Gasteiger partial charge is 0.282 e. The zero-order chi connectivity index (χ0) is 20.5. The predicted octanol–water partition coefficient (Wildman–Crippen LogP) is 5.35. The van der Waals surface area contributed by atoms with Crippen LogP contribution in [0.2, 0.25) is 5.02 Å². The molecule has 29 heavy (non-hydrogen) atoms. The first-order valence-electron chi connectivity index (χ1n) is 9.24. The fourth-order valence-electron chi connectivity index (χ4n) is 3.45. The fraction of sp³-hybridized carbons (Fsp3) is 0.0833. The van der Waals surface area contributed by atoms with Gasteiger partial charge in [0.15, 0.2) is 0 Å². The summed E-state index contributed by atoms with van der Waals surface area (Å²) in [7, 11) is 0. The third-order valence-electron chi connectivity index (χ3n) is 4.95. The van der Waals surface area contributed by atoms with Crippen LogP contribution in [0.4, 0.5) is 11.4 Å². The molecule has 0 radical (unpaired) electrons. The van der Waals surface area contributed by atoms with Gasteiger partial charge in [-0.2, -0.15) is 0 Å². The zero-order valence-corrected chi connectivity index (χ0v) is 16.8. The Labute approximate surface area is 174 Å². The number of anilines is 2. The van der Waals surface area contributed by atoms with Crippen LogP contribution in [-0.4, -0.2) is 11.8 Å². The maximum Gasteiger partial charge on any atom is 0.282 e.